The van der Waals surface area contributed by atoms with E-state index in [9.17, 15) is 5.11 Å². The fraction of sp³-hybridized carbons (Fsp3) is 0.600. The van der Waals surface area contributed by atoms with Gasteiger partial charge in [0.05, 0.1) is 0 Å². The number of halogens is 1. The molecule has 0 spiro atoms. The van der Waals surface area contributed by atoms with Gasteiger partial charge in [0.1, 0.15) is 12.4 Å². The molecular formula is C15H22BrNO2. The maximum absolute atomic E-state index is 9.26. The molecule has 1 saturated carbocycles. The van der Waals surface area contributed by atoms with Gasteiger partial charge in [0, 0.05) is 17.6 Å². The van der Waals surface area contributed by atoms with Gasteiger partial charge in [-0.1, -0.05) is 28.4 Å². The molecule has 0 heterocycles. The third kappa shape index (κ3) is 4.79. The first kappa shape index (κ1) is 14.8. The molecule has 2 N–H and O–H groups in total. The van der Waals surface area contributed by atoms with Gasteiger partial charge in [-0.05, 0) is 49.4 Å². The van der Waals surface area contributed by atoms with Crippen LogP contribution in [0.4, 0.5) is 0 Å². The zero-order chi connectivity index (χ0) is 13.5. The number of hydrogen-bond donors (Lipinski definition) is 2. The first-order valence-corrected chi connectivity index (χ1v) is 7.79. The van der Waals surface area contributed by atoms with Crippen LogP contribution in [0.5, 0.6) is 5.75 Å². The topological polar surface area (TPSA) is 41.5 Å². The zero-order valence-electron chi connectivity index (χ0n) is 11.1. The van der Waals surface area contributed by atoms with E-state index in [-0.39, 0.29) is 0 Å². The van der Waals surface area contributed by atoms with E-state index in [1.807, 2.05) is 24.3 Å². The van der Waals surface area contributed by atoms with Gasteiger partial charge in [-0.25, -0.2) is 0 Å². The average molecular weight is 328 g/mol. The molecule has 1 fully saturated rings. The standard InChI is InChI=1S/C15H22BrNO2/c16-14-5-2-6-15(9-14)19-8-7-17-10-12-3-1-4-13(12)11-18/h2,5-6,9,12-13,17-18H,1,3-4,7-8,10-11H2. The number of hydrogen-bond acceptors (Lipinski definition) is 3. The summed E-state index contributed by atoms with van der Waals surface area (Å²) in [6.45, 7) is 2.85. The Morgan fingerprint density at radius 2 is 2.16 bits per heavy atom. The average Bonchev–Trinajstić information content (AvgIpc) is 2.86. The number of aliphatic hydroxyl groups excluding tert-OH is 1. The number of rotatable bonds is 7. The summed E-state index contributed by atoms with van der Waals surface area (Å²) in [4.78, 5) is 0. The highest BCUT2D eigenvalue weighted by molar-refractivity contribution is 9.10. The van der Waals surface area contributed by atoms with Gasteiger partial charge in [0.25, 0.3) is 0 Å². The highest BCUT2D eigenvalue weighted by atomic mass is 79.9. The fourth-order valence-electron chi connectivity index (χ4n) is 2.71. The molecule has 0 saturated heterocycles. The lowest BCUT2D eigenvalue weighted by atomic mass is 9.97. The molecule has 1 aromatic rings. The summed E-state index contributed by atoms with van der Waals surface area (Å²) in [5.74, 6) is 2.03. The minimum atomic E-state index is 0.334. The molecule has 0 radical (unpaired) electrons. The molecule has 1 aliphatic carbocycles. The molecule has 0 bridgehead atoms. The highest BCUT2D eigenvalue weighted by Gasteiger charge is 2.25. The van der Waals surface area contributed by atoms with Crippen LogP contribution in [0.15, 0.2) is 28.7 Å². The van der Waals surface area contributed by atoms with Crippen molar-refractivity contribution in [1.29, 1.82) is 0 Å². The summed E-state index contributed by atoms with van der Waals surface area (Å²) in [6.07, 6.45) is 3.67. The number of benzene rings is 1. The van der Waals surface area contributed by atoms with Crippen LogP contribution in [0.1, 0.15) is 19.3 Å². The van der Waals surface area contributed by atoms with E-state index in [4.69, 9.17) is 4.74 Å². The lowest BCUT2D eigenvalue weighted by Crippen LogP contribution is -2.29. The van der Waals surface area contributed by atoms with Crippen molar-refractivity contribution >= 4 is 15.9 Å². The minimum absolute atomic E-state index is 0.334. The first-order valence-electron chi connectivity index (χ1n) is 6.99. The van der Waals surface area contributed by atoms with Crippen molar-refractivity contribution in [3.8, 4) is 5.75 Å². The Balaban J connectivity index is 1.59. The van der Waals surface area contributed by atoms with Crippen molar-refractivity contribution in [2.24, 2.45) is 11.8 Å². The Labute approximate surface area is 123 Å². The summed E-state index contributed by atoms with van der Waals surface area (Å²) in [5.41, 5.74) is 0. The third-order valence-corrected chi connectivity index (χ3v) is 4.29. The summed E-state index contributed by atoms with van der Waals surface area (Å²) in [5, 5.41) is 12.7. The molecule has 3 nitrogen and oxygen atoms in total. The van der Waals surface area contributed by atoms with Crippen LogP contribution in [-0.2, 0) is 0 Å². The maximum atomic E-state index is 9.26. The van der Waals surface area contributed by atoms with Gasteiger partial charge in [-0.15, -0.1) is 0 Å². The number of nitrogens with one attached hydrogen (secondary N) is 1. The molecule has 106 valence electrons. The van der Waals surface area contributed by atoms with E-state index < -0.39 is 0 Å². The Hall–Kier alpha value is -0.580. The summed E-state index contributed by atoms with van der Waals surface area (Å²) >= 11 is 3.42. The second-order valence-electron chi connectivity index (χ2n) is 5.14. The van der Waals surface area contributed by atoms with E-state index in [2.05, 4.69) is 21.2 Å². The summed E-state index contributed by atoms with van der Waals surface area (Å²) in [6, 6.07) is 7.89. The minimum Gasteiger partial charge on any atom is -0.492 e. The predicted octanol–water partition coefficient (Wildman–Crippen LogP) is 2.83. The Morgan fingerprint density at radius 1 is 1.32 bits per heavy atom. The monoisotopic (exact) mass is 327 g/mol. The Kier molecular flexibility index (Phi) is 6.14. The number of ether oxygens (including phenoxy) is 1. The molecule has 1 aliphatic rings. The quantitative estimate of drug-likeness (QED) is 0.757. The van der Waals surface area contributed by atoms with Gasteiger partial charge in [-0.2, -0.15) is 0 Å². The molecule has 0 amide bonds. The predicted molar refractivity (Wildman–Crippen MR) is 80.4 cm³/mol. The van der Waals surface area contributed by atoms with Crippen molar-refractivity contribution in [3.05, 3.63) is 28.7 Å². The summed E-state index contributed by atoms with van der Waals surface area (Å²) in [7, 11) is 0. The van der Waals surface area contributed by atoms with Crippen LogP contribution < -0.4 is 10.1 Å². The molecule has 0 aromatic heterocycles. The lowest BCUT2D eigenvalue weighted by Gasteiger charge is -2.17. The van der Waals surface area contributed by atoms with Crippen LogP contribution in [-0.4, -0.2) is 31.4 Å². The second kappa shape index (κ2) is 7.88. The van der Waals surface area contributed by atoms with Crippen LogP contribution >= 0.6 is 15.9 Å². The van der Waals surface area contributed by atoms with Gasteiger partial charge in [0.15, 0.2) is 0 Å². The van der Waals surface area contributed by atoms with Gasteiger partial charge in [-0.3, -0.25) is 0 Å². The number of aliphatic hydroxyl groups is 1. The van der Waals surface area contributed by atoms with E-state index in [1.54, 1.807) is 0 Å². The smallest absolute Gasteiger partial charge is 0.120 e. The molecule has 2 atom stereocenters. The van der Waals surface area contributed by atoms with Gasteiger partial charge in [0.2, 0.25) is 0 Å². The van der Waals surface area contributed by atoms with Crippen LogP contribution in [0.3, 0.4) is 0 Å². The molecule has 4 heteroatoms. The molecule has 1 aromatic carbocycles. The normalized spacial score (nSPS) is 22.6. The Bertz CT molecular complexity index is 386. The maximum Gasteiger partial charge on any atom is 0.120 e. The van der Waals surface area contributed by atoms with Crippen LogP contribution in [0, 0.1) is 11.8 Å². The second-order valence-corrected chi connectivity index (χ2v) is 6.06. The lowest BCUT2D eigenvalue weighted by molar-refractivity contribution is 0.191. The van der Waals surface area contributed by atoms with E-state index in [0.717, 1.165) is 23.3 Å². The van der Waals surface area contributed by atoms with E-state index >= 15 is 0 Å². The van der Waals surface area contributed by atoms with Crippen molar-refractivity contribution in [3.63, 3.8) is 0 Å². The molecule has 0 aliphatic heterocycles. The zero-order valence-corrected chi connectivity index (χ0v) is 12.7. The third-order valence-electron chi connectivity index (χ3n) is 3.80. The largest absolute Gasteiger partial charge is 0.492 e. The molecule has 19 heavy (non-hydrogen) atoms. The van der Waals surface area contributed by atoms with E-state index in [0.29, 0.717) is 25.0 Å². The van der Waals surface area contributed by atoms with E-state index in [1.165, 1.54) is 19.3 Å². The van der Waals surface area contributed by atoms with Gasteiger partial charge >= 0.3 is 0 Å². The Morgan fingerprint density at radius 3 is 2.95 bits per heavy atom. The SMILES string of the molecule is OCC1CCCC1CNCCOc1cccc(Br)c1. The van der Waals surface area contributed by atoms with Crippen molar-refractivity contribution in [1.82, 2.24) is 5.32 Å². The van der Waals surface area contributed by atoms with Crippen molar-refractivity contribution < 1.29 is 9.84 Å². The highest BCUT2D eigenvalue weighted by Crippen LogP contribution is 2.30. The van der Waals surface area contributed by atoms with Crippen LogP contribution in [0.25, 0.3) is 0 Å². The van der Waals surface area contributed by atoms with Gasteiger partial charge < -0.3 is 15.2 Å². The van der Waals surface area contributed by atoms with Crippen LogP contribution in [0.2, 0.25) is 0 Å². The first-order chi connectivity index (χ1) is 9.29. The van der Waals surface area contributed by atoms with Crippen molar-refractivity contribution in [2.45, 2.75) is 19.3 Å². The molecule has 2 unspecified atom stereocenters. The molecule has 2 rings (SSSR count). The van der Waals surface area contributed by atoms with Crippen molar-refractivity contribution in [2.75, 3.05) is 26.3 Å². The fourth-order valence-corrected chi connectivity index (χ4v) is 3.09. The molecular weight excluding hydrogens is 306 g/mol. The summed E-state index contributed by atoms with van der Waals surface area (Å²) < 4.78 is 6.70.